The molecule has 124 valence electrons. The van der Waals surface area contributed by atoms with Crippen LogP contribution in [0.4, 0.5) is 4.79 Å². The molecule has 0 radical (unpaired) electrons. The summed E-state index contributed by atoms with van der Waals surface area (Å²) in [5.41, 5.74) is 2.08. The van der Waals surface area contributed by atoms with Crippen molar-refractivity contribution in [2.24, 2.45) is 0 Å². The first-order valence-corrected chi connectivity index (χ1v) is 7.95. The van der Waals surface area contributed by atoms with Crippen LogP contribution in [0.1, 0.15) is 38.6 Å². The minimum atomic E-state index is -0.114. The van der Waals surface area contributed by atoms with Crippen molar-refractivity contribution in [1.29, 1.82) is 0 Å². The number of hydrogen-bond donors (Lipinski definition) is 1. The molecule has 0 bridgehead atoms. The predicted octanol–water partition coefficient (Wildman–Crippen LogP) is 3.38. The molecule has 0 fully saturated rings. The molecule has 1 aromatic heterocycles. The topological polar surface area (TPSA) is 71.3 Å². The number of nitrogens with zero attached hydrogens (tertiary/aromatic N) is 3. The average Bonchev–Trinajstić information content (AvgIpc) is 2.99. The van der Waals surface area contributed by atoms with Crippen LogP contribution in [0.15, 0.2) is 28.8 Å². The maximum Gasteiger partial charge on any atom is 0.318 e. The van der Waals surface area contributed by atoms with Crippen molar-refractivity contribution >= 4 is 6.03 Å². The van der Waals surface area contributed by atoms with Crippen molar-refractivity contribution in [2.45, 2.75) is 46.7 Å². The molecule has 0 atom stereocenters. The summed E-state index contributed by atoms with van der Waals surface area (Å²) >= 11 is 0. The first kappa shape index (κ1) is 17.0. The third-order valence-electron chi connectivity index (χ3n) is 3.49. The number of hydrogen-bond acceptors (Lipinski definition) is 4. The number of carbonyl (C=O) groups is 1. The van der Waals surface area contributed by atoms with E-state index in [1.54, 1.807) is 4.90 Å². The Hall–Kier alpha value is -2.37. The van der Waals surface area contributed by atoms with Gasteiger partial charge in [0.25, 0.3) is 0 Å². The normalized spacial score (nSPS) is 10.8. The summed E-state index contributed by atoms with van der Waals surface area (Å²) in [4.78, 5) is 18.3. The standard InChI is InChI=1S/C17H24N4O2/c1-5-10-18-17(22)21(12(2)3)11-15-19-16(20-23-15)14-8-6-13(4)7-9-14/h6-9,12H,5,10-11H2,1-4H3,(H,18,22). The molecule has 23 heavy (non-hydrogen) atoms. The van der Waals surface area contributed by atoms with Crippen molar-refractivity contribution in [3.05, 3.63) is 35.7 Å². The highest BCUT2D eigenvalue weighted by Gasteiger charge is 2.20. The van der Waals surface area contributed by atoms with E-state index in [2.05, 4.69) is 15.5 Å². The Labute approximate surface area is 136 Å². The Morgan fingerprint density at radius 2 is 2.00 bits per heavy atom. The number of aromatic nitrogens is 2. The van der Waals surface area contributed by atoms with Crippen LogP contribution in [0.25, 0.3) is 11.4 Å². The summed E-state index contributed by atoms with van der Waals surface area (Å²) in [6.45, 7) is 8.92. The Balaban J connectivity index is 2.09. The maximum atomic E-state index is 12.2. The van der Waals surface area contributed by atoms with Gasteiger partial charge in [0.1, 0.15) is 6.54 Å². The lowest BCUT2D eigenvalue weighted by Crippen LogP contribution is -2.43. The number of rotatable bonds is 6. The number of benzene rings is 1. The lowest BCUT2D eigenvalue weighted by Gasteiger charge is -2.25. The van der Waals surface area contributed by atoms with Crippen molar-refractivity contribution in [1.82, 2.24) is 20.4 Å². The molecular weight excluding hydrogens is 292 g/mol. The fourth-order valence-corrected chi connectivity index (χ4v) is 2.11. The van der Waals surface area contributed by atoms with Crippen LogP contribution >= 0.6 is 0 Å². The van der Waals surface area contributed by atoms with Crippen molar-refractivity contribution in [3.63, 3.8) is 0 Å². The molecule has 0 aliphatic heterocycles. The molecule has 2 rings (SSSR count). The van der Waals surface area contributed by atoms with E-state index in [1.807, 2.05) is 52.0 Å². The SMILES string of the molecule is CCCNC(=O)N(Cc1nc(-c2ccc(C)cc2)no1)C(C)C. The minimum Gasteiger partial charge on any atom is -0.338 e. The van der Waals surface area contributed by atoms with E-state index in [9.17, 15) is 4.79 Å². The average molecular weight is 316 g/mol. The van der Waals surface area contributed by atoms with Crippen LogP contribution in [-0.2, 0) is 6.54 Å². The molecular formula is C17H24N4O2. The number of aryl methyl sites for hydroxylation is 1. The largest absolute Gasteiger partial charge is 0.338 e. The van der Waals surface area contributed by atoms with Crippen LogP contribution in [0.2, 0.25) is 0 Å². The van der Waals surface area contributed by atoms with Gasteiger partial charge in [-0.15, -0.1) is 0 Å². The molecule has 1 N–H and O–H groups in total. The summed E-state index contributed by atoms with van der Waals surface area (Å²) in [5.74, 6) is 0.971. The number of carbonyl (C=O) groups excluding carboxylic acids is 1. The molecule has 0 unspecified atom stereocenters. The van der Waals surface area contributed by atoms with Gasteiger partial charge in [0.05, 0.1) is 0 Å². The van der Waals surface area contributed by atoms with E-state index in [4.69, 9.17) is 4.52 Å². The summed E-state index contributed by atoms with van der Waals surface area (Å²) in [6, 6.07) is 7.85. The van der Waals surface area contributed by atoms with Crippen LogP contribution in [0, 0.1) is 6.92 Å². The molecule has 0 aliphatic carbocycles. The maximum absolute atomic E-state index is 12.2. The summed E-state index contributed by atoms with van der Waals surface area (Å²) in [7, 11) is 0. The smallest absolute Gasteiger partial charge is 0.318 e. The molecule has 2 aromatic rings. The summed E-state index contributed by atoms with van der Waals surface area (Å²) in [5, 5.41) is 6.88. The Bertz CT molecular complexity index is 634. The molecule has 0 aliphatic rings. The Kier molecular flexibility index (Phi) is 5.73. The van der Waals surface area contributed by atoms with Gasteiger partial charge in [-0.1, -0.05) is 41.9 Å². The van der Waals surface area contributed by atoms with Crippen LogP contribution < -0.4 is 5.32 Å². The molecule has 0 saturated heterocycles. The number of urea groups is 1. The van der Waals surface area contributed by atoms with Gasteiger partial charge in [-0.3, -0.25) is 0 Å². The van der Waals surface area contributed by atoms with Gasteiger partial charge < -0.3 is 14.7 Å². The van der Waals surface area contributed by atoms with Gasteiger partial charge in [0.2, 0.25) is 11.7 Å². The second-order valence-electron chi connectivity index (χ2n) is 5.83. The van der Waals surface area contributed by atoms with E-state index in [0.717, 1.165) is 12.0 Å². The highest BCUT2D eigenvalue weighted by Crippen LogP contribution is 2.17. The highest BCUT2D eigenvalue weighted by molar-refractivity contribution is 5.74. The first-order chi connectivity index (χ1) is 11.0. The van der Waals surface area contributed by atoms with Crippen LogP contribution in [-0.4, -0.2) is 33.7 Å². The second-order valence-corrected chi connectivity index (χ2v) is 5.83. The van der Waals surface area contributed by atoms with Crippen molar-refractivity contribution < 1.29 is 9.32 Å². The van der Waals surface area contributed by atoms with Gasteiger partial charge >= 0.3 is 6.03 Å². The van der Waals surface area contributed by atoms with E-state index in [0.29, 0.717) is 24.8 Å². The van der Waals surface area contributed by atoms with Gasteiger partial charge in [-0.25, -0.2) is 4.79 Å². The summed E-state index contributed by atoms with van der Waals surface area (Å²) in [6.07, 6.45) is 0.899. The molecule has 0 saturated carbocycles. The second kappa shape index (κ2) is 7.76. The molecule has 2 amide bonds. The molecule has 1 heterocycles. The van der Waals surface area contributed by atoms with Gasteiger partial charge in [-0.2, -0.15) is 4.98 Å². The van der Waals surface area contributed by atoms with Crippen LogP contribution in [0.3, 0.4) is 0 Å². The quantitative estimate of drug-likeness (QED) is 0.887. The van der Waals surface area contributed by atoms with E-state index >= 15 is 0 Å². The molecule has 6 nitrogen and oxygen atoms in total. The zero-order valence-corrected chi connectivity index (χ0v) is 14.2. The van der Waals surface area contributed by atoms with E-state index < -0.39 is 0 Å². The fraction of sp³-hybridized carbons (Fsp3) is 0.471. The lowest BCUT2D eigenvalue weighted by molar-refractivity contribution is 0.169. The molecule has 0 spiro atoms. The minimum absolute atomic E-state index is 0.0431. The number of amides is 2. The zero-order valence-electron chi connectivity index (χ0n) is 14.2. The Morgan fingerprint density at radius 3 is 2.61 bits per heavy atom. The third-order valence-corrected chi connectivity index (χ3v) is 3.49. The van der Waals surface area contributed by atoms with E-state index in [1.165, 1.54) is 5.56 Å². The van der Waals surface area contributed by atoms with Crippen molar-refractivity contribution in [3.8, 4) is 11.4 Å². The first-order valence-electron chi connectivity index (χ1n) is 7.95. The zero-order chi connectivity index (χ0) is 16.8. The Morgan fingerprint density at radius 1 is 1.30 bits per heavy atom. The van der Waals surface area contributed by atoms with E-state index in [-0.39, 0.29) is 12.1 Å². The predicted molar refractivity (Wildman–Crippen MR) is 88.8 cm³/mol. The van der Waals surface area contributed by atoms with Gasteiger partial charge in [-0.05, 0) is 27.2 Å². The monoisotopic (exact) mass is 316 g/mol. The lowest BCUT2D eigenvalue weighted by atomic mass is 10.1. The molecule has 6 heteroatoms. The van der Waals surface area contributed by atoms with Gasteiger partial charge in [0, 0.05) is 18.2 Å². The number of nitrogens with one attached hydrogen (secondary N) is 1. The summed E-state index contributed by atoms with van der Waals surface area (Å²) < 4.78 is 5.30. The fourth-order valence-electron chi connectivity index (χ4n) is 2.11. The van der Waals surface area contributed by atoms with Gasteiger partial charge in [0.15, 0.2) is 0 Å². The third kappa shape index (κ3) is 4.55. The highest BCUT2D eigenvalue weighted by atomic mass is 16.5. The van der Waals surface area contributed by atoms with Crippen LogP contribution in [0.5, 0.6) is 0 Å². The molecule has 1 aromatic carbocycles. The van der Waals surface area contributed by atoms with Crippen molar-refractivity contribution in [2.75, 3.05) is 6.54 Å².